The molecule has 0 spiro atoms. The van der Waals surface area contributed by atoms with Crippen LogP contribution in [0, 0.1) is 10.1 Å². The second-order valence-corrected chi connectivity index (χ2v) is 4.54. The first kappa shape index (κ1) is 15.9. The average molecular weight is 281 g/mol. The number of rotatable bonds is 7. The zero-order chi connectivity index (χ0) is 15.1. The molecule has 0 fully saturated rings. The summed E-state index contributed by atoms with van der Waals surface area (Å²) < 4.78 is 4.87. The standard InChI is InChI=1S/C13H19N3O4/c1-9(2)15-13(17)10-4-5-11(14-6-7-20-3)12(8-10)16(18)19/h4-5,8-9,14H,6-7H2,1-3H3,(H,15,17). The summed E-state index contributed by atoms with van der Waals surface area (Å²) in [7, 11) is 1.55. The predicted octanol–water partition coefficient (Wildman–Crippen LogP) is 1.79. The van der Waals surface area contributed by atoms with E-state index >= 15 is 0 Å². The Kier molecular flexibility index (Phi) is 5.92. The highest BCUT2D eigenvalue weighted by molar-refractivity contribution is 5.95. The van der Waals surface area contributed by atoms with E-state index in [4.69, 9.17) is 4.74 Å². The number of carbonyl (C=O) groups is 1. The maximum absolute atomic E-state index is 11.8. The van der Waals surface area contributed by atoms with Gasteiger partial charge in [-0.15, -0.1) is 0 Å². The van der Waals surface area contributed by atoms with Gasteiger partial charge in [0, 0.05) is 31.3 Å². The van der Waals surface area contributed by atoms with E-state index in [0.29, 0.717) is 18.8 Å². The van der Waals surface area contributed by atoms with Gasteiger partial charge in [0.25, 0.3) is 11.6 Å². The smallest absolute Gasteiger partial charge is 0.293 e. The number of amides is 1. The molecule has 1 amide bonds. The normalized spacial score (nSPS) is 10.4. The van der Waals surface area contributed by atoms with Crippen LogP contribution in [0.1, 0.15) is 24.2 Å². The SMILES string of the molecule is COCCNc1ccc(C(=O)NC(C)C)cc1[N+](=O)[O-]. The summed E-state index contributed by atoms with van der Waals surface area (Å²) >= 11 is 0. The molecule has 0 unspecified atom stereocenters. The molecule has 0 saturated heterocycles. The molecular formula is C13H19N3O4. The molecule has 0 aliphatic carbocycles. The van der Waals surface area contributed by atoms with E-state index in [0.717, 1.165) is 0 Å². The summed E-state index contributed by atoms with van der Waals surface area (Å²) in [6.07, 6.45) is 0. The molecule has 0 bridgehead atoms. The van der Waals surface area contributed by atoms with E-state index in [-0.39, 0.29) is 23.2 Å². The lowest BCUT2D eigenvalue weighted by Gasteiger charge is -2.10. The third kappa shape index (κ3) is 4.51. The quantitative estimate of drug-likeness (QED) is 0.451. The van der Waals surface area contributed by atoms with Crippen molar-refractivity contribution >= 4 is 17.3 Å². The summed E-state index contributed by atoms with van der Waals surface area (Å²) in [6, 6.07) is 4.33. The molecule has 1 aromatic carbocycles. The van der Waals surface area contributed by atoms with Crippen LogP contribution >= 0.6 is 0 Å². The van der Waals surface area contributed by atoms with Gasteiger partial charge in [-0.2, -0.15) is 0 Å². The first-order chi connectivity index (χ1) is 9.45. The lowest BCUT2D eigenvalue weighted by molar-refractivity contribution is -0.384. The number of benzene rings is 1. The third-order valence-corrected chi connectivity index (χ3v) is 2.50. The van der Waals surface area contributed by atoms with E-state index in [9.17, 15) is 14.9 Å². The number of nitro benzene ring substituents is 1. The van der Waals surface area contributed by atoms with E-state index in [2.05, 4.69) is 10.6 Å². The van der Waals surface area contributed by atoms with Gasteiger partial charge >= 0.3 is 0 Å². The maximum Gasteiger partial charge on any atom is 0.293 e. The molecule has 0 saturated carbocycles. The first-order valence-corrected chi connectivity index (χ1v) is 6.27. The fraction of sp³-hybridized carbons (Fsp3) is 0.462. The molecule has 0 aliphatic rings. The monoisotopic (exact) mass is 281 g/mol. The van der Waals surface area contributed by atoms with Crippen LogP contribution < -0.4 is 10.6 Å². The molecule has 0 atom stereocenters. The van der Waals surface area contributed by atoms with Gasteiger partial charge in [-0.3, -0.25) is 14.9 Å². The zero-order valence-electron chi connectivity index (χ0n) is 11.8. The van der Waals surface area contributed by atoms with Gasteiger partial charge in [0.1, 0.15) is 5.69 Å². The van der Waals surface area contributed by atoms with Crippen LogP contribution in [-0.4, -0.2) is 37.1 Å². The first-order valence-electron chi connectivity index (χ1n) is 6.27. The molecule has 1 aromatic rings. The maximum atomic E-state index is 11.8. The van der Waals surface area contributed by atoms with Crippen molar-refractivity contribution in [1.82, 2.24) is 5.32 Å². The number of ether oxygens (including phenoxy) is 1. The Hall–Kier alpha value is -2.15. The van der Waals surface area contributed by atoms with Crippen LogP contribution in [0.5, 0.6) is 0 Å². The molecule has 0 heterocycles. The number of nitrogens with one attached hydrogen (secondary N) is 2. The van der Waals surface area contributed by atoms with Crippen LogP contribution in [0.25, 0.3) is 0 Å². The van der Waals surface area contributed by atoms with Crippen molar-refractivity contribution in [1.29, 1.82) is 0 Å². The second kappa shape index (κ2) is 7.44. The molecule has 0 radical (unpaired) electrons. The molecule has 0 aromatic heterocycles. The number of nitrogens with zero attached hydrogens (tertiary/aromatic N) is 1. The lowest BCUT2D eigenvalue weighted by Crippen LogP contribution is -2.30. The average Bonchev–Trinajstić information content (AvgIpc) is 2.38. The van der Waals surface area contributed by atoms with E-state index in [1.807, 2.05) is 13.8 Å². The third-order valence-electron chi connectivity index (χ3n) is 2.50. The Balaban J connectivity index is 2.94. The minimum absolute atomic E-state index is 0.0268. The van der Waals surface area contributed by atoms with Crippen LogP contribution in [-0.2, 0) is 4.74 Å². The van der Waals surface area contributed by atoms with Gasteiger partial charge < -0.3 is 15.4 Å². The van der Waals surface area contributed by atoms with Gasteiger partial charge in [0.05, 0.1) is 11.5 Å². The number of nitro groups is 1. The van der Waals surface area contributed by atoms with Crippen molar-refractivity contribution in [2.75, 3.05) is 25.6 Å². The number of hydrogen-bond donors (Lipinski definition) is 2. The largest absolute Gasteiger partial charge is 0.383 e. The van der Waals surface area contributed by atoms with Crippen molar-refractivity contribution in [3.05, 3.63) is 33.9 Å². The molecule has 20 heavy (non-hydrogen) atoms. The summed E-state index contributed by atoms with van der Waals surface area (Å²) in [5.41, 5.74) is 0.508. The van der Waals surface area contributed by atoms with Crippen LogP contribution in [0.3, 0.4) is 0 Å². The fourth-order valence-corrected chi connectivity index (χ4v) is 1.61. The Labute approximate surface area is 117 Å². The number of hydrogen-bond acceptors (Lipinski definition) is 5. The zero-order valence-corrected chi connectivity index (χ0v) is 11.8. The Morgan fingerprint density at radius 2 is 2.15 bits per heavy atom. The van der Waals surface area contributed by atoms with Crippen molar-refractivity contribution in [2.24, 2.45) is 0 Å². The summed E-state index contributed by atoms with van der Waals surface area (Å²) in [6.45, 7) is 4.54. The molecule has 1 rings (SSSR count). The van der Waals surface area contributed by atoms with Gasteiger partial charge in [-0.05, 0) is 26.0 Å². The molecule has 7 heteroatoms. The van der Waals surface area contributed by atoms with Gasteiger partial charge in [0.15, 0.2) is 0 Å². The second-order valence-electron chi connectivity index (χ2n) is 4.54. The van der Waals surface area contributed by atoms with Crippen LogP contribution in [0.4, 0.5) is 11.4 Å². The van der Waals surface area contributed by atoms with Crippen molar-refractivity contribution in [3.8, 4) is 0 Å². The summed E-state index contributed by atoms with van der Waals surface area (Å²) in [4.78, 5) is 22.4. The predicted molar refractivity (Wildman–Crippen MR) is 76.1 cm³/mol. The molecule has 0 aliphatic heterocycles. The van der Waals surface area contributed by atoms with E-state index in [1.54, 1.807) is 13.2 Å². The van der Waals surface area contributed by atoms with E-state index < -0.39 is 4.92 Å². The highest BCUT2D eigenvalue weighted by Gasteiger charge is 2.17. The van der Waals surface area contributed by atoms with E-state index in [1.165, 1.54) is 12.1 Å². The molecular weight excluding hydrogens is 262 g/mol. The number of carbonyl (C=O) groups excluding carboxylic acids is 1. The van der Waals surface area contributed by atoms with Gasteiger partial charge in [0.2, 0.25) is 0 Å². The van der Waals surface area contributed by atoms with Crippen molar-refractivity contribution in [3.63, 3.8) is 0 Å². The van der Waals surface area contributed by atoms with Crippen molar-refractivity contribution in [2.45, 2.75) is 19.9 Å². The minimum Gasteiger partial charge on any atom is -0.383 e. The van der Waals surface area contributed by atoms with Crippen molar-refractivity contribution < 1.29 is 14.5 Å². The summed E-state index contributed by atoms with van der Waals surface area (Å²) in [5.74, 6) is -0.327. The topological polar surface area (TPSA) is 93.5 Å². The fourth-order valence-electron chi connectivity index (χ4n) is 1.61. The van der Waals surface area contributed by atoms with Gasteiger partial charge in [-0.25, -0.2) is 0 Å². The molecule has 7 nitrogen and oxygen atoms in total. The Morgan fingerprint density at radius 3 is 2.70 bits per heavy atom. The van der Waals surface area contributed by atoms with Gasteiger partial charge in [-0.1, -0.05) is 0 Å². The highest BCUT2D eigenvalue weighted by Crippen LogP contribution is 2.25. The lowest BCUT2D eigenvalue weighted by atomic mass is 10.1. The molecule has 2 N–H and O–H groups in total. The minimum atomic E-state index is -0.513. The summed E-state index contributed by atoms with van der Waals surface area (Å²) in [5, 5.41) is 16.7. The highest BCUT2D eigenvalue weighted by atomic mass is 16.6. The molecule has 110 valence electrons. The van der Waals surface area contributed by atoms with Crippen LogP contribution in [0.15, 0.2) is 18.2 Å². The number of anilines is 1. The number of methoxy groups -OCH3 is 1. The van der Waals surface area contributed by atoms with Crippen LogP contribution in [0.2, 0.25) is 0 Å². The Morgan fingerprint density at radius 1 is 1.45 bits per heavy atom. The Bertz CT molecular complexity index is 489.